The van der Waals surface area contributed by atoms with E-state index < -0.39 is 12.1 Å². The van der Waals surface area contributed by atoms with Gasteiger partial charge in [-0.3, -0.25) is 0 Å². The van der Waals surface area contributed by atoms with Crippen molar-refractivity contribution in [3.8, 4) is 0 Å². The van der Waals surface area contributed by atoms with E-state index in [2.05, 4.69) is 0 Å². The van der Waals surface area contributed by atoms with E-state index in [0.29, 0.717) is 0 Å². The zero-order valence-electron chi connectivity index (χ0n) is 3.19. The Morgan fingerprint density at radius 2 is 2.33 bits per heavy atom. The van der Waals surface area contributed by atoms with Gasteiger partial charge >= 0.3 is 0 Å². The minimum absolute atomic E-state index is 0.280. The zero-order chi connectivity index (χ0) is 4.99. The molecule has 0 radical (unpaired) electrons. The van der Waals surface area contributed by atoms with Crippen LogP contribution in [0.2, 0.25) is 0 Å². The summed E-state index contributed by atoms with van der Waals surface area (Å²) in [6.07, 6.45) is 0. The van der Waals surface area contributed by atoms with Gasteiger partial charge in [-0.15, -0.1) is 11.6 Å². The number of halogens is 2. The number of aliphatic hydroxyl groups excluding tert-OH is 1. The molecule has 1 N–H and O–H groups in total. The predicted octanol–water partition coefficient (Wildman–Crippen LogP) is 0.556. The third-order valence-corrected chi connectivity index (χ3v) is 0.620. The Labute approximate surface area is 40.7 Å². The van der Waals surface area contributed by atoms with Crippen molar-refractivity contribution in [2.45, 2.75) is 5.38 Å². The lowest BCUT2D eigenvalue weighted by Crippen LogP contribution is -2.05. The van der Waals surface area contributed by atoms with Gasteiger partial charge in [0, 0.05) is 0 Å². The van der Waals surface area contributed by atoms with Gasteiger partial charge in [0.05, 0.1) is 12.0 Å². The molecule has 0 spiro atoms. The van der Waals surface area contributed by atoms with Gasteiger partial charge in [-0.25, -0.2) is 4.39 Å². The van der Waals surface area contributed by atoms with E-state index in [9.17, 15) is 4.39 Å². The molecule has 0 aliphatic carbocycles. The fourth-order valence-electron chi connectivity index (χ4n) is 0.0488. The van der Waals surface area contributed by atoms with Gasteiger partial charge in [0.15, 0.2) is 0 Å². The average molecular weight is 113 g/mol. The minimum Gasteiger partial charge on any atom is -0.395 e. The van der Waals surface area contributed by atoms with Crippen LogP contribution in [-0.4, -0.2) is 23.8 Å². The van der Waals surface area contributed by atoms with E-state index in [1.807, 2.05) is 0 Å². The molecule has 0 aliphatic heterocycles. The Morgan fingerprint density at radius 1 is 1.83 bits per heavy atom. The quantitative estimate of drug-likeness (QED) is 0.518. The molecule has 1 nitrogen and oxygen atoms in total. The third kappa shape index (κ3) is 2.42. The maximum Gasteiger partial charge on any atom is 0.108 e. The smallest absolute Gasteiger partial charge is 0.108 e. The second kappa shape index (κ2) is 3.37. The van der Waals surface area contributed by atoms with Crippen molar-refractivity contribution in [3.05, 3.63) is 0 Å². The highest BCUT2D eigenvalue weighted by Gasteiger charge is 1.96. The second-order valence-electron chi connectivity index (χ2n) is 0.934. The largest absolute Gasteiger partial charge is 0.395 e. The van der Waals surface area contributed by atoms with Gasteiger partial charge in [0.1, 0.15) is 6.67 Å². The average Bonchev–Trinajstić information content (AvgIpc) is 1.65. The van der Waals surface area contributed by atoms with Crippen LogP contribution in [0.15, 0.2) is 0 Å². The fourth-order valence-corrected chi connectivity index (χ4v) is 0.0488. The van der Waals surface area contributed by atoms with Crippen molar-refractivity contribution >= 4 is 11.6 Å². The molecule has 0 saturated carbocycles. The van der Waals surface area contributed by atoms with Crippen LogP contribution in [0.1, 0.15) is 0 Å². The molecule has 0 heterocycles. The molecule has 0 aromatic heterocycles. The molecular formula is C3H6ClFO. The van der Waals surface area contributed by atoms with Gasteiger partial charge in [0.25, 0.3) is 0 Å². The first-order valence-corrected chi connectivity index (χ1v) is 2.05. The monoisotopic (exact) mass is 112 g/mol. The van der Waals surface area contributed by atoms with Crippen LogP contribution in [-0.2, 0) is 0 Å². The van der Waals surface area contributed by atoms with E-state index in [1.54, 1.807) is 0 Å². The topological polar surface area (TPSA) is 20.2 Å². The van der Waals surface area contributed by atoms with E-state index in [1.165, 1.54) is 0 Å². The maximum absolute atomic E-state index is 11.1. The lowest BCUT2D eigenvalue weighted by atomic mass is 10.5. The van der Waals surface area contributed by atoms with Crippen molar-refractivity contribution < 1.29 is 9.50 Å². The lowest BCUT2D eigenvalue weighted by molar-refractivity contribution is 0.273. The molecule has 0 saturated heterocycles. The molecule has 0 aliphatic rings. The first-order chi connectivity index (χ1) is 2.81. The Hall–Kier alpha value is 0.180. The first-order valence-electron chi connectivity index (χ1n) is 1.62. The summed E-state index contributed by atoms with van der Waals surface area (Å²) in [4.78, 5) is 0. The molecule has 1 atom stereocenters. The Bertz CT molecular complexity index is 30.0. The maximum atomic E-state index is 11.1. The van der Waals surface area contributed by atoms with Gasteiger partial charge in [-0.05, 0) is 0 Å². The van der Waals surface area contributed by atoms with Crippen LogP contribution in [0, 0.1) is 0 Å². The molecule has 0 amide bonds. The van der Waals surface area contributed by atoms with Gasteiger partial charge in [-0.2, -0.15) is 0 Å². The van der Waals surface area contributed by atoms with Crippen LogP contribution in [0.4, 0.5) is 4.39 Å². The number of hydrogen-bond acceptors (Lipinski definition) is 1. The molecule has 0 aromatic rings. The van der Waals surface area contributed by atoms with Crippen molar-refractivity contribution in [3.63, 3.8) is 0 Å². The number of rotatable bonds is 2. The minimum atomic E-state index is -0.704. The number of hydrogen-bond donors (Lipinski definition) is 1. The summed E-state index contributed by atoms with van der Waals surface area (Å²) >= 11 is 5.02. The molecule has 38 valence electrons. The third-order valence-electron chi connectivity index (χ3n) is 0.366. The number of aliphatic hydroxyl groups is 1. The van der Waals surface area contributed by atoms with Crippen molar-refractivity contribution in [1.29, 1.82) is 0 Å². The van der Waals surface area contributed by atoms with Crippen molar-refractivity contribution in [2.24, 2.45) is 0 Å². The van der Waals surface area contributed by atoms with Crippen LogP contribution in [0.3, 0.4) is 0 Å². The SMILES string of the molecule is OC[C@@H](Cl)CF. The summed E-state index contributed by atoms with van der Waals surface area (Å²) in [5, 5.41) is 7.26. The summed E-state index contributed by atoms with van der Waals surface area (Å²) in [5.41, 5.74) is 0. The number of alkyl halides is 2. The molecule has 0 rings (SSSR count). The standard InChI is InChI=1S/C3H6ClFO/c4-3(1-5)2-6/h3,6H,1-2H2/t3-/m0/s1. The lowest BCUT2D eigenvalue weighted by Gasteiger charge is -1.92. The van der Waals surface area contributed by atoms with E-state index in [4.69, 9.17) is 16.7 Å². The van der Waals surface area contributed by atoms with E-state index in [-0.39, 0.29) is 6.61 Å². The highest BCUT2D eigenvalue weighted by atomic mass is 35.5. The van der Waals surface area contributed by atoms with Gasteiger partial charge in [-0.1, -0.05) is 0 Å². The molecule has 6 heavy (non-hydrogen) atoms. The summed E-state index contributed by atoms with van der Waals surface area (Å²) in [6.45, 7) is -0.934. The zero-order valence-corrected chi connectivity index (χ0v) is 3.95. The Balaban J connectivity index is 2.75. The predicted molar refractivity (Wildman–Crippen MR) is 22.7 cm³/mol. The van der Waals surface area contributed by atoms with E-state index >= 15 is 0 Å². The molecule has 3 heteroatoms. The highest BCUT2D eigenvalue weighted by molar-refractivity contribution is 6.20. The summed E-state index contributed by atoms with van der Waals surface area (Å²) in [6, 6.07) is 0. The summed E-state index contributed by atoms with van der Waals surface area (Å²) in [7, 11) is 0. The van der Waals surface area contributed by atoms with Crippen molar-refractivity contribution in [2.75, 3.05) is 13.3 Å². The van der Waals surface area contributed by atoms with Crippen molar-refractivity contribution in [1.82, 2.24) is 0 Å². The van der Waals surface area contributed by atoms with Crippen LogP contribution < -0.4 is 0 Å². The van der Waals surface area contributed by atoms with Crippen LogP contribution >= 0.6 is 11.6 Å². The van der Waals surface area contributed by atoms with Gasteiger partial charge < -0.3 is 5.11 Å². The molecule has 0 unspecified atom stereocenters. The molecular weight excluding hydrogens is 106 g/mol. The highest BCUT2D eigenvalue weighted by Crippen LogP contribution is 1.91. The summed E-state index contributed by atoms with van der Waals surface area (Å²) in [5.74, 6) is 0. The van der Waals surface area contributed by atoms with Crippen LogP contribution in [0.25, 0.3) is 0 Å². The van der Waals surface area contributed by atoms with E-state index in [0.717, 1.165) is 0 Å². The fraction of sp³-hybridized carbons (Fsp3) is 1.00. The Morgan fingerprint density at radius 3 is 2.33 bits per heavy atom. The molecule has 0 aromatic carbocycles. The second-order valence-corrected chi connectivity index (χ2v) is 1.55. The summed E-state index contributed by atoms with van der Waals surface area (Å²) < 4.78 is 11.1. The van der Waals surface area contributed by atoms with Gasteiger partial charge in [0.2, 0.25) is 0 Å². The Kier molecular flexibility index (Phi) is 3.47. The normalized spacial score (nSPS) is 14.5. The molecule has 0 bridgehead atoms. The first kappa shape index (κ1) is 6.18. The molecule has 0 fully saturated rings. The van der Waals surface area contributed by atoms with Crippen LogP contribution in [0.5, 0.6) is 0 Å².